The van der Waals surface area contributed by atoms with Crippen LogP contribution in [0, 0.1) is 6.92 Å². The van der Waals surface area contributed by atoms with Gasteiger partial charge in [-0.2, -0.15) is 6.42 Å². The average Bonchev–Trinajstić information content (AvgIpc) is 2.18. The van der Waals surface area contributed by atoms with E-state index < -0.39 is 8.32 Å². The summed E-state index contributed by atoms with van der Waals surface area (Å²) in [4.78, 5) is 0. The summed E-state index contributed by atoms with van der Waals surface area (Å²) in [5.74, 6) is 0. The van der Waals surface area contributed by atoms with Gasteiger partial charge in [-0.1, -0.05) is 36.4 Å². The molecule has 1 aromatic carbocycles. The smallest absolute Gasteiger partial charge is 1.00 e. The van der Waals surface area contributed by atoms with E-state index in [-0.39, 0.29) is 47.0 Å². The van der Waals surface area contributed by atoms with Crippen LogP contribution < -0.4 is 29.2 Å². The van der Waals surface area contributed by atoms with Gasteiger partial charge >= 0.3 is 23.1 Å². The van der Waals surface area contributed by atoms with Crippen LogP contribution in [0.1, 0.15) is 20.3 Å². The first kappa shape index (κ1) is 20.2. The molecule has 1 rings (SSSR count). The second kappa shape index (κ2) is 9.78. The van der Waals surface area contributed by atoms with Crippen LogP contribution in [0.5, 0.6) is 0 Å². The first-order chi connectivity index (χ1) is 7.08. The molecule has 92 valence electrons. The van der Waals surface area contributed by atoms with E-state index in [1.165, 1.54) is 5.19 Å². The Labute approximate surface area is 140 Å². The second-order valence-corrected chi connectivity index (χ2v) is 8.14. The zero-order valence-electron chi connectivity index (χ0n) is 11.1. The van der Waals surface area contributed by atoms with Crippen LogP contribution in [0.25, 0.3) is 0 Å². The third kappa shape index (κ3) is 6.56. The van der Waals surface area contributed by atoms with Gasteiger partial charge in [0.05, 0.1) is 0 Å². The molecule has 0 fully saturated rings. The number of hydrogen-bond donors (Lipinski definition) is 0. The standard InChI is InChI=1S/C13H21OSi.HI.Mg/c1-5-11-15(4,14-12(2)3)13-9-7-6-8-10-13;;/h6-10,12H,1,5,11H2,2-4H3;1H;/q-1;;+2/p-1. The summed E-state index contributed by atoms with van der Waals surface area (Å²) in [7, 11) is -1.75. The van der Waals surface area contributed by atoms with Crippen molar-refractivity contribution in [2.24, 2.45) is 0 Å². The van der Waals surface area contributed by atoms with E-state index in [2.05, 4.69) is 57.7 Å². The Morgan fingerprint density at radius 3 is 2.18 bits per heavy atom. The van der Waals surface area contributed by atoms with Crippen LogP contribution in [0.3, 0.4) is 0 Å². The molecule has 17 heavy (non-hydrogen) atoms. The number of halogens is 1. The number of hydrogen-bond acceptors (Lipinski definition) is 1. The summed E-state index contributed by atoms with van der Waals surface area (Å²) in [6, 6.07) is 11.7. The van der Waals surface area contributed by atoms with Gasteiger partial charge in [-0.3, -0.25) is 0 Å². The van der Waals surface area contributed by atoms with Crippen molar-refractivity contribution in [3.63, 3.8) is 0 Å². The fourth-order valence-corrected chi connectivity index (χ4v) is 5.07. The van der Waals surface area contributed by atoms with Crippen molar-refractivity contribution in [2.45, 2.75) is 39.0 Å². The molecule has 0 N–H and O–H groups in total. The molecule has 1 nitrogen and oxygen atoms in total. The maximum Gasteiger partial charge on any atom is 2.00 e. The zero-order chi connectivity index (χ0) is 11.3. The number of rotatable bonds is 5. The zero-order valence-corrected chi connectivity index (χ0v) is 15.7. The molecule has 0 amide bonds. The predicted molar refractivity (Wildman–Crippen MR) is 74.5 cm³/mol. The van der Waals surface area contributed by atoms with Gasteiger partial charge in [-0.25, -0.2) is 0 Å². The maximum atomic E-state index is 6.16. The molecule has 0 aliphatic rings. The van der Waals surface area contributed by atoms with Crippen molar-refractivity contribution < 1.29 is 28.4 Å². The Morgan fingerprint density at radius 2 is 1.76 bits per heavy atom. The van der Waals surface area contributed by atoms with E-state index >= 15 is 0 Å². The summed E-state index contributed by atoms with van der Waals surface area (Å²) in [5.41, 5.74) is 0. The molecule has 0 heterocycles. The molecule has 0 bridgehead atoms. The molecule has 4 heteroatoms. The molecule has 0 spiro atoms. The second-order valence-electron chi connectivity index (χ2n) is 4.37. The van der Waals surface area contributed by atoms with E-state index in [1.807, 2.05) is 0 Å². The summed E-state index contributed by atoms with van der Waals surface area (Å²) in [6.07, 6.45) is 1.25. The van der Waals surface area contributed by atoms with Gasteiger partial charge in [-0.15, -0.1) is 0 Å². The van der Waals surface area contributed by atoms with Crippen LogP contribution in [-0.4, -0.2) is 37.5 Å². The van der Waals surface area contributed by atoms with Gasteiger partial charge in [0.15, 0.2) is 0 Å². The molecular weight excluding hydrogens is 351 g/mol. The summed E-state index contributed by atoms with van der Waals surface area (Å²) in [5, 5.41) is 1.38. The van der Waals surface area contributed by atoms with E-state index in [4.69, 9.17) is 4.43 Å². The van der Waals surface area contributed by atoms with Crippen LogP contribution in [0.15, 0.2) is 30.3 Å². The van der Waals surface area contributed by atoms with Crippen molar-refractivity contribution in [1.82, 2.24) is 0 Å². The van der Waals surface area contributed by atoms with Crippen LogP contribution in [0.2, 0.25) is 12.6 Å². The normalized spacial score (nSPS) is 13.5. The molecule has 1 aromatic rings. The van der Waals surface area contributed by atoms with E-state index in [1.54, 1.807) is 0 Å². The van der Waals surface area contributed by atoms with Crippen LogP contribution in [-0.2, 0) is 4.43 Å². The van der Waals surface area contributed by atoms with E-state index in [9.17, 15) is 0 Å². The Balaban J connectivity index is 0. The van der Waals surface area contributed by atoms with Crippen LogP contribution >= 0.6 is 0 Å². The Hall–Kier alpha value is 0.893. The minimum atomic E-state index is -1.75. The molecule has 0 aliphatic carbocycles. The molecule has 1 atom stereocenters. The van der Waals surface area contributed by atoms with Crippen molar-refractivity contribution in [1.29, 1.82) is 0 Å². The monoisotopic (exact) mass is 372 g/mol. The van der Waals surface area contributed by atoms with Gasteiger partial charge in [0.25, 0.3) is 0 Å². The third-order valence-electron chi connectivity index (χ3n) is 2.53. The van der Waals surface area contributed by atoms with Crippen molar-refractivity contribution in [2.75, 3.05) is 0 Å². The molecule has 0 aromatic heterocycles. The Kier molecular flexibility index (Phi) is 11.6. The van der Waals surface area contributed by atoms with Gasteiger partial charge in [-0.05, 0) is 25.6 Å². The van der Waals surface area contributed by atoms with E-state index in [0.29, 0.717) is 6.10 Å². The van der Waals surface area contributed by atoms with Gasteiger partial charge in [0, 0.05) is 6.10 Å². The van der Waals surface area contributed by atoms with Crippen LogP contribution in [0.4, 0.5) is 0 Å². The van der Waals surface area contributed by atoms with Crippen molar-refractivity contribution in [3.05, 3.63) is 37.3 Å². The minimum Gasteiger partial charge on any atom is -1.00 e. The minimum absolute atomic E-state index is 0. The predicted octanol–water partition coefficient (Wildman–Crippen LogP) is -0.259. The molecule has 0 aliphatic heterocycles. The largest absolute Gasteiger partial charge is 2.00 e. The maximum absolute atomic E-state index is 6.16. The van der Waals surface area contributed by atoms with Gasteiger partial charge in [0.2, 0.25) is 8.32 Å². The molecule has 0 radical (unpaired) electrons. The van der Waals surface area contributed by atoms with Gasteiger partial charge in [0.1, 0.15) is 0 Å². The third-order valence-corrected chi connectivity index (χ3v) is 6.39. The van der Waals surface area contributed by atoms with Crippen molar-refractivity contribution in [3.8, 4) is 0 Å². The Morgan fingerprint density at radius 1 is 1.24 bits per heavy atom. The van der Waals surface area contributed by atoms with E-state index in [0.717, 1.165) is 12.5 Å². The fraction of sp³-hybridized carbons (Fsp3) is 0.462. The SMILES string of the molecule is [CH2-]CC[Si](C)(OC(C)C)c1ccccc1.[I-].[Mg+2]. The average molecular weight is 373 g/mol. The molecule has 0 saturated carbocycles. The first-order valence-corrected chi connectivity index (χ1v) is 8.22. The quantitative estimate of drug-likeness (QED) is 0.393. The molecule has 0 saturated heterocycles. The summed E-state index contributed by atoms with van der Waals surface area (Å²) in [6.45, 7) is 10.5. The summed E-state index contributed by atoms with van der Waals surface area (Å²) < 4.78 is 6.16. The summed E-state index contributed by atoms with van der Waals surface area (Å²) >= 11 is 0. The first-order valence-electron chi connectivity index (χ1n) is 5.61. The Bertz CT molecular complexity index is 295. The molecule has 1 unspecified atom stereocenters. The topological polar surface area (TPSA) is 9.23 Å². The fourth-order valence-electron chi connectivity index (χ4n) is 1.92. The number of benzene rings is 1. The molecular formula is C13H21IMgOSi. The van der Waals surface area contributed by atoms with Crippen molar-refractivity contribution >= 4 is 36.6 Å². The van der Waals surface area contributed by atoms with Gasteiger partial charge < -0.3 is 35.3 Å².